The Morgan fingerprint density at radius 1 is 1.38 bits per heavy atom. The highest BCUT2D eigenvalue weighted by atomic mass is 32.2. The number of nitrogens with zero attached hydrogens (tertiary/aromatic N) is 1. The summed E-state index contributed by atoms with van der Waals surface area (Å²) in [6.45, 7) is -0.410. The molecule has 0 saturated heterocycles. The normalized spacial score (nSPS) is 12.5. The summed E-state index contributed by atoms with van der Waals surface area (Å²) in [5.74, 6) is -0.575. The first-order valence-corrected chi connectivity index (χ1v) is 5.23. The van der Waals surface area contributed by atoms with E-state index in [1.54, 1.807) is 0 Å². The summed E-state index contributed by atoms with van der Waals surface area (Å²) in [6.07, 6.45) is 0.773. The van der Waals surface area contributed by atoms with Crippen LogP contribution >= 0.6 is 0 Å². The van der Waals surface area contributed by atoms with Crippen LogP contribution in [0.1, 0.15) is 5.69 Å². The summed E-state index contributed by atoms with van der Waals surface area (Å²) in [5.41, 5.74) is -5.31. The van der Waals surface area contributed by atoms with E-state index in [9.17, 15) is 21.6 Å². The number of hydrogen-bond donors (Lipinski definition) is 1. The first kappa shape index (κ1) is 12.7. The van der Waals surface area contributed by atoms with Crippen molar-refractivity contribution in [2.45, 2.75) is 12.1 Å². The van der Waals surface area contributed by atoms with Crippen molar-refractivity contribution in [3.05, 3.63) is 24.0 Å². The van der Waals surface area contributed by atoms with Gasteiger partial charge in [-0.15, -0.1) is 0 Å². The summed E-state index contributed by atoms with van der Waals surface area (Å²) in [4.78, 5) is 3.46. The zero-order valence-electron chi connectivity index (χ0n) is 7.60. The van der Waals surface area contributed by atoms with Crippen molar-refractivity contribution in [3.8, 4) is 5.75 Å². The van der Waals surface area contributed by atoms with Gasteiger partial charge in [-0.05, 0) is 12.1 Å². The van der Waals surface area contributed by atoms with Gasteiger partial charge in [-0.2, -0.15) is 21.6 Å². The van der Waals surface area contributed by atoms with Crippen LogP contribution < -0.4 is 4.18 Å². The van der Waals surface area contributed by atoms with Crippen molar-refractivity contribution in [1.82, 2.24) is 4.98 Å². The van der Waals surface area contributed by atoms with Crippen LogP contribution in [-0.4, -0.2) is 24.0 Å². The number of rotatable bonds is 3. The Balaban J connectivity index is 2.89. The van der Waals surface area contributed by atoms with Gasteiger partial charge in [0.25, 0.3) is 0 Å². The second-order valence-corrected chi connectivity index (χ2v) is 4.16. The first-order chi connectivity index (χ1) is 7.26. The van der Waals surface area contributed by atoms with Crippen LogP contribution in [0.2, 0.25) is 0 Å². The molecule has 1 rings (SSSR count). The fourth-order valence-electron chi connectivity index (χ4n) is 0.728. The van der Waals surface area contributed by atoms with Gasteiger partial charge in [-0.25, -0.2) is 0 Å². The minimum atomic E-state index is -5.67. The van der Waals surface area contributed by atoms with Gasteiger partial charge in [-0.3, -0.25) is 4.98 Å². The zero-order chi connectivity index (χ0) is 12.4. The van der Waals surface area contributed by atoms with Gasteiger partial charge in [0.2, 0.25) is 0 Å². The van der Waals surface area contributed by atoms with Crippen LogP contribution in [0.3, 0.4) is 0 Å². The summed E-state index contributed by atoms with van der Waals surface area (Å²) < 4.78 is 60.5. The summed E-state index contributed by atoms with van der Waals surface area (Å²) in [6, 6.07) is 2.10. The molecule has 1 aromatic heterocycles. The molecule has 0 atom stereocenters. The molecule has 0 spiro atoms. The molecule has 0 radical (unpaired) electrons. The third-order valence-electron chi connectivity index (χ3n) is 1.45. The van der Waals surface area contributed by atoms with Gasteiger partial charge in [0.1, 0.15) is 0 Å². The number of aliphatic hydroxyl groups is 1. The Bertz CT molecular complexity index is 454. The van der Waals surface area contributed by atoms with E-state index in [2.05, 4.69) is 9.17 Å². The highest BCUT2D eigenvalue weighted by Crippen LogP contribution is 2.26. The van der Waals surface area contributed by atoms with Crippen LogP contribution in [0.5, 0.6) is 5.75 Å². The molecule has 0 unspecified atom stereocenters. The molecular formula is C7H6F3NO4S. The first-order valence-electron chi connectivity index (χ1n) is 3.83. The van der Waals surface area contributed by atoms with Gasteiger partial charge in [0.05, 0.1) is 18.5 Å². The van der Waals surface area contributed by atoms with Crippen molar-refractivity contribution in [2.75, 3.05) is 0 Å². The van der Waals surface area contributed by atoms with Crippen molar-refractivity contribution in [3.63, 3.8) is 0 Å². The van der Waals surface area contributed by atoms with Crippen LogP contribution in [0, 0.1) is 0 Å². The topological polar surface area (TPSA) is 76.5 Å². The summed E-state index contributed by atoms with van der Waals surface area (Å²) in [7, 11) is -5.67. The third kappa shape index (κ3) is 2.83. The minimum Gasteiger partial charge on any atom is -0.390 e. The molecular weight excluding hydrogens is 251 g/mol. The lowest BCUT2D eigenvalue weighted by Crippen LogP contribution is -2.28. The van der Waals surface area contributed by atoms with E-state index < -0.39 is 28.0 Å². The second kappa shape index (κ2) is 4.26. The van der Waals surface area contributed by atoms with E-state index in [1.807, 2.05) is 0 Å². The van der Waals surface area contributed by atoms with E-state index in [1.165, 1.54) is 0 Å². The second-order valence-electron chi connectivity index (χ2n) is 2.63. The molecule has 16 heavy (non-hydrogen) atoms. The predicted molar refractivity (Wildman–Crippen MR) is 45.8 cm³/mol. The Morgan fingerprint density at radius 2 is 2.00 bits per heavy atom. The number of aromatic nitrogens is 1. The van der Waals surface area contributed by atoms with Gasteiger partial charge in [-0.1, -0.05) is 0 Å². The maximum absolute atomic E-state index is 11.9. The SMILES string of the molecule is O=S(=O)(Oc1ccc(CO)nc1)C(F)(F)F. The lowest BCUT2D eigenvalue weighted by atomic mass is 10.3. The average molecular weight is 257 g/mol. The third-order valence-corrected chi connectivity index (χ3v) is 2.43. The maximum atomic E-state index is 11.9. The highest BCUT2D eigenvalue weighted by Gasteiger charge is 2.48. The van der Waals surface area contributed by atoms with Crippen molar-refractivity contribution in [2.24, 2.45) is 0 Å². The fourth-order valence-corrected chi connectivity index (χ4v) is 1.17. The molecule has 1 heterocycles. The van der Waals surface area contributed by atoms with Gasteiger partial charge >= 0.3 is 15.6 Å². The monoisotopic (exact) mass is 257 g/mol. The molecule has 1 N–H and O–H groups in total. The molecule has 0 saturated carbocycles. The summed E-state index contributed by atoms with van der Waals surface area (Å²) >= 11 is 0. The van der Waals surface area contributed by atoms with E-state index in [-0.39, 0.29) is 5.69 Å². The molecule has 5 nitrogen and oxygen atoms in total. The Kier molecular flexibility index (Phi) is 3.38. The Morgan fingerprint density at radius 3 is 2.38 bits per heavy atom. The van der Waals surface area contributed by atoms with Crippen LogP contribution in [-0.2, 0) is 16.7 Å². The van der Waals surface area contributed by atoms with E-state index >= 15 is 0 Å². The molecule has 0 fully saturated rings. The summed E-state index contributed by atoms with van der Waals surface area (Å²) in [5, 5.41) is 8.59. The van der Waals surface area contributed by atoms with E-state index in [4.69, 9.17) is 5.11 Å². The van der Waals surface area contributed by atoms with Gasteiger partial charge in [0.15, 0.2) is 5.75 Å². The molecule has 90 valence electrons. The van der Waals surface area contributed by atoms with Crippen molar-refractivity contribution < 1.29 is 30.9 Å². The van der Waals surface area contributed by atoms with Crippen LogP contribution in [0.15, 0.2) is 18.3 Å². The molecule has 9 heteroatoms. The molecule has 0 amide bonds. The maximum Gasteiger partial charge on any atom is 0.534 e. The number of alkyl halides is 3. The quantitative estimate of drug-likeness (QED) is 0.640. The fraction of sp³-hybridized carbons (Fsp3) is 0.286. The Labute approximate surface area is 88.6 Å². The largest absolute Gasteiger partial charge is 0.534 e. The lowest BCUT2D eigenvalue weighted by Gasteiger charge is -2.08. The molecule has 0 bridgehead atoms. The number of halogens is 3. The molecule has 1 aromatic rings. The molecule has 0 aliphatic carbocycles. The minimum absolute atomic E-state index is 0.178. The van der Waals surface area contributed by atoms with Gasteiger partial charge in [0, 0.05) is 0 Å². The standard InChI is InChI=1S/C7H6F3NO4S/c8-7(9,10)16(13,14)15-6-2-1-5(4-12)11-3-6/h1-3,12H,4H2. The van der Waals surface area contributed by atoms with Gasteiger partial charge < -0.3 is 9.29 Å². The lowest BCUT2D eigenvalue weighted by molar-refractivity contribution is -0.0500. The number of aliphatic hydroxyl groups excluding tert-OH is 1. The van der Waals surface area contributed by atoms with E-state index in [0.29, 0.717) is 0 Å². The van der Waals surface area contributed by atoms with Crippen LogP contribution in [0.25, 0.3) is 0 Å². The predicted octanol–water partition coefficient (Wildman–Crippen LogP) is 0.802. The van der Waals surface area contributed by atoms with Crippen LogP contribution in [0.4, 0.5) is 13.2 Å². The van der Waals surface area contributed by atoms with E-state index in [0.717, 1.165) is 18.3 Å². The zero-order valence-corrected chi connectivity index (χ0v) is 8.42. The van der Waals surface area contributed by atoms with Crippen molar-refractivity contribution in [1.29, 1.82) is 0 Å². The molecule has 0 aliphatic rings. The average Bonchev–Trinajstić information content (AvgIpc) is 2.16. The smallest absolute Gasteiger partial charge is 0.390 e. The number of hydrogen-bond acceptors (Lipinski definition) is 5. The molecule has 0 aliphatic heterocycles. The molecule has 0 aromatic carbocycles. The van der Waals surface area contributed by atoms with Crippen molar-refractivity contribution >= 4 is 10.1 Å². The number of pyridine rings is 1. The Hall–Kier alpha value is -1.35. The highest BCUT2D eigenvalue weighted by molar-refractivity contribution is 7.87.